The predicted molar refractivity (Wildman–Crippen MR) is 68.6 cm³/mol. The summed E-state index contributed by atoms with van der Waals surface area (Å²) >= 11 is 0. The molecule has 0 fully saturated rings. The van der Waals surface area contributed by atoms with Crippen LogP contribution in [0.3, 0.4) is 0 Å². The second kappa shape index (κ2) is 4.24. The fourth-order valence-electron chi connectivity index (χ4n) is 2.08. The van der Waals surface area contributed by atoms with Crippen molar-refractivity contribution in [3.63, 3.8) is 0 Å². The highest BCUT2D eigenvalue weighted by Gasteiger charge is 2.19. The van der Waals surface area contributed by atoms with E-state index in [9.17, 15) is 4.79 Å². The molecule has 0 aliphatic carbocycles. The summed E-state index contributed by atoms with van der Waals surface area (Å²) in [5.74, 6) is 0.901. The molecule has 0 aliphatic rings. The fraction of sp³-hybridized carbons (Fsp3) is 0.357. The summed E-state index contributed by atoms with van der Waals surface area (Å²) < 4.78 is 7.31. The van der Waals surface area contributed by atoms with Crippen LogP contribution in [0.4, 0.5) is 0 Å². The predicted octanol–water partition coefficient (Wildman–Crippen LogP) is 3.03. The van der Waals surface area contributed by atoms with Crippen molar-refractivity contribution < 1.29 is 9.53 Å². The first-order valence-corrected chi connectivity index (χ1v) is 5.72. The van der Waals surface area contributed by atoms with Crippen molar-refractivity contribution in [2.75, 3.05) is 7.11 Å². The summed E-state index contributed by atoms with van der Waals surface area (Å²) in [5, 5.41) is 0.913. The van der Waals surface area contributed by atoms with E-state index in [1.54, 1.807) is 7.11 Å². The van der Waals surface area contributed by atoms with Gasteiger partial charge in [0.15, 0.2) is 5.78 Å². The van der Waals surface area contributed by atoms with Gasteiger partial charge in [0.1, 0.15) is 5.75 Å². The molecule has 0 radical (unpaired) electrons. The molecule has 1 heterocycles. The van der Waals surface area contributed by atoms with E-state index in [2.05, 4.69) is 0 Å². The Kier molecular flexibility index (Phi) is 2.92. The van der Waals surface area contributed by atoms with E-state index in [1.807, 2.05) is 49.9 Å². The summed E-state index contributed by atoms with van der Waals surface area (Å²) in [6.07, 6.45) is 1.88. The number of hydrogen-bond donors (Lipinski definition) is 0. The molecule has 0 saturated carbocycles. The highest BCUT2D eigenvalue weighted by Crippen LogP contribution is 2.31. The molecule has 1 aromatic heterocycles. The average molecular weight is 231 g/mol. The number of hydrogen-bond acceptors (Lipinski definition) is 2. The number of nitrogens with zero attached hydrogens (tertiary/aromatic N) is 1. The molecule has 0 aliphatic heterocycles. The van der Waals surface area contributed by atoms with E-state index in [0.717, 1.165) is 22.2 Å². The second-order valence-corrected chi connectivity index (χ2v) is 4.53. The van der Waals surface area contributed by atoms with Crippen molar-refractivity contribution in [2.24, 2.45) is 13.0 Å². The molecule has 0 atom stereocenters. The number of benzene rings is 1. The normalized spacial score (nSPS) is 11.1. The topological polar surface area (TPSA) is 31.2 Å². The zero-order valence-electron chi connectivity index (χ0n) is 10.7. The van der Waals surface area contributed by atoms with Crippen molar-refractivity contribution in [3.8, 4) is 5.75 Å². The van der Waals surface area contributed by atoms with Crippen LogP contribution in [0.15, 0.2) is 24.4 Å². The highest BCUT2D eigenvalue weighted by molar-refractivity contribution is 6.10. The maximum atomic E-state index is 12.2. The maximum Gasteiger partial charge on any atom is 0.167 e. The zero-order valence-corrected chi connectivity index (χ0v) is 10.7. The van der Waals surface area contributed by atoms with Crippen LogP contribution in [0, 0.1) is 5.92 Å². The molecule has 3 heteroatoms. The number of aromatic nitrogens is 1. The summed E-state index contributed by atoms with van der Waals surface area (Å²) in [6, 6.07) is 5.82. The Labute approximate surface area is 101 Å². The van der Waals surface area contributed by atoms with E-state index in [-0.39, 0.29) is 11.7 Å². The van der Waals surface area contributed by atoms with Crippen LogP contribution < -0.4 is 4.74 Å². The monoisotopic (exact) mass is 231 g/mol. The van der Waals surface area contributed by atoms with Crippen LogP contribution in [0.1, 0.15) is 24.2 Å². The first-order valence-electron chi connectivity index (χ1n) is 5.72. The van der Waals surface area contributed by atoms with Crippen molar-refractivity contribution in [3.05, 3.63) is 30.0 Å². The molecular weight excluding hydrogens is 214 g/mol. The smallest absolute Gasteiger partial charge is 0.167 e. The first kappa shape index (κ1) is 11.7. The van der Waals surface area contributed by atoms with Gasteiger partial charge in [-0.2, -0.15) is 0 Å². The quantitative estimate of drug-likeness (QED) is 0.760. The molecule has 0 unspecified atom stereocenters. The van der Waals surface area contributed by atoms with Crippen LogP contribution in [0.2, 0.25) is 0 Å². The minimum Gasteiger partial charge on any atom is -0.496 e. The summed E-state index contributed by atoms with van der Waals surface area (Å²) in [7, 11) is 3.57. The molecule has 1 aromatic carbocycles. The second-order valence-electron chi connectivity index (χ2n) is 4.53. The number of aryl methyl sites for hydroxylation is 1. The Hall–Kier alpha value is -1.77. The number of Topliss-reactive ketones (excluding diaryl/α,β-unsaturated/α-hetero) is 1. The van der Waals surface area contributed by atoms with Crippen molar-refractivity contribution in [2.45, 2.75) is 13.8 Å². The highest BCUT2D eigenvalue weighted by atomic mass is 16.5. The molecule has 0 bridgehead atoms. The number of ketones is 1. The van der Waals surface area contributed by atoms with Gasteiger partial charge in [0, 0.05) is 24.7 Å². The zero-order chi connectivity index (χ0) is 12.6. The van der Waals surface area contributed by atoms with Gasteiger partial charge in [0.25, 0.3) is 0 Å². The lowest BCUT2D eigenvalue weighted by atomic mass is 10.0. The van der Waals surface area contributed by atoms with E-state index < -0.39 is 0 Å². The third kappa shape index (κ3) is 1.82. The number of carbonyl (C=O) groups excluding carboxylic acids is 1. The van der Waals surface area contributed by atoms with E-state index in [1.165, 1.54) is 0 Å². The van der Waals surface area contributed by atoms with Crippen LogP contribution in [0.25, 0.3) is 10.9 Å². The van der Waals surface area contributed by atoms with E-state index in [0.29, 0.717) is 0 Å². The molecule has 2 aromatic rings. The molecular formula is C14H17NO2. The number of methoxy groups -OCH3 is 1. The van der Waals surface area contributed by atoms with Crippen LogP contribution in [-0.4, -0.2) is 17.5 Å². The molecule has 3 nitrogen and oxygen atoms in total. The molecule has 2 rings (SSSR count). The van der Waals surface area contributed by atoms with Gasteiger partial charge in [-0.15, -0.1) is 0 Å². The SMILES string of the molecule is COc1cccc2c1c(C(=O)C(C)C)cn2C. The Morgan fingerprint density at radius 2 is 2.06 bits per heavy atom. The Balaban J connectivity index is 2.76. The van der Waals surface area contributed by atoms with Crippen molar-refractivity contribution in [1.82, 2.24) is 4.57 Å². The van der Waals surface area contributed by atoms with Gasteiger partial charge in [-0.05, 0) is 12.1 Å². The molecule has 0 amide bonds. The molecule has 0 N–H and O–H groups in total. The molecule has 17 heavy (non-hydrogen) atoms. The number of rotatable bonds is 3. The number of carbonyl (C=O) groups is 1. The Morgan fingerprint density at radius 3 is 2.65 bits per heavy atom. The van der Waals surface area contributed by atoms with E-state index in [4.69, 9.17) is 4.74 Å². The third-order valence-corrected chi connectivity index (χ3v) is 2.99. The minimum absolute atomic E-state index is 0.00878. The van der Waals surface area contributed by atoms with Crippen LogP contribution in [0.5, 0.6) is 5.75 Å². The molecule has 90 valence electrons. The standard InChI is InChI=1S/C14H17NO2/c1-9(2)14(16)10-8-15(3)11-6-5-7-12(17-4)13(10)11/h5-9H,1-4H3. The van der Waals surface area contributed by atoms with Gasteiger partial charge in [-0.25, -0.2) is 0 Å². The average Bonchev–Trinajstić information content (AvgIpc) is 2.66. The lowest BCUT2D eigenvalue weighted by molar-refractivity contribution is 0.0940. The van der Waals surface area contributed by atoms with E-state index >= 15 is 0 Å². The fourth-order valence-corrected chi connectivity index (χ4v) is 2.08. The van der Waals surface area contributed by atoms with Gasteiger partial charge in [0.05, 0.1) is 18.0 Å². The lowest BCUT2D eigenvalue weighted by Crippen LogP contribution is -2.06. The minimum atomic E-state index is -0.00878. The van der Waals surface area contributed by atoms with Gasteiger partial charge in [-0.1, -0.05) is 19.9 Å². The van der Waals surface area contributed by atoms with Crippen molar-refractivity contribution >= 4 is 16.7 Å². The van der Waals surface area contributed by atoms with Crippen LogP contribution >= 0.6 is 0 Å². The summed E-state index contributed by atoms with van der Waals surface area (Å²) in [6.45, 7) is 3.83. The number of fused-ring (bicyclic) bond motifs is 1. The summed E-state index contributed by atoms with van der Waals surface area (Å²) in [5.41, 5.74) is 1.77. The molecule has 0 saturated heterocycles. The van der Waals surface area contributed by atoms with Crippen molar-refractivity contribution in [1.29, 1.82) is 0 Å². The largest absolute Gasteiger partial charge is 0.496 e. The number of ether oxygens (including phenoxy) is 1. The summed E-state index contributed by atoms with van der Waals surface area (Å²) in [4.78, 5) is 12.2. The maximum absolute atomic E-state index is 12.2. The van der Waals surface area contributed by atoms with Gasteiger partial charge in [-0.3, -0.25) is 4.79 Å². The molecule has 0 spiro atoms. The van der Waals surface area contributed by atoms with Gasteiger partial charge >= 0.3 is 0 Å². The first-order chi connectivity index (χ1) is 8.06. The lowest BCUT2D eigenvalue weighted by Gasteiger charge is -2.06. The Morgan fingerprint density at radius 1 is 1.35 bits per heavy atom. The Bertz CT molecular complexity index is 567. The van der Waals surface area contributed by atoms with Gasteiger partial charge < -0.3 is 9.30 Å². The van der Waals surface area contributed by atoms with Crippen LogP contribution in [-0.2, 0) is 7.05 Å². The third-order valence-electron chi connectivity index (χ3n) is 2.99. The van der Waals surface area contributed by atoms with Gasteiger partial charge in [0.2, 0.25) is 0 Å².